The van der Waals surface area contributed by atoms with E-state index in [1.165, 1.54) is 0 Å². The average molecular weight is 340 g/mol. The van der Waals surface area contributed by atoms with Crippen LogP contribution >= 0.6 is 0 Å². The molecule has 1 saturated heterocycles. The van der Waals surface area contributed by atoms with Gasteiger partial charge in [-0.1, -0.05) is 0 Å². The van der Waals surface area contributed by atoms with Gasteiger partial charge in [-0.2, -0.15) is 13.2 Å². The van der Waals surface area contributed by atoms with Gasteiger partial charge < -0.3 is 9.84 Å². The van der Waals surface area contributed by atoms with E-state index in [9.17, 15) is 26.4 Å². The number of nitrogens with zero attached hydrogens (tertiary/aromatic N) is 1. The van der Waals surface area contributed by atoms with Crippen LogP contribution in [0.2, 0.25) is 0 Å². The lowest BCUT2D eigenvalue weighted by molar-refractivity contribution is -0.148. The molecule has 0 unspecified atom stereocenters. The molecule has 22 heavy (non-hydrogen) atoms. The van der Waals surface area contributed by atoms with Crippen molar-refractivity contribution >= 4 is 16.0 Å². The van der Waals surface area contributed by atoms with E-state index in [4.69, 9.17) is 9.84 Å². The lowest BCUT2D eigenvalue weighted by Gasteiger charge is -2.18. The summed E-state index contributed by atoms with van der Waals surface area (Å²) in [5, 5.41) is 8.88. The van der Waals surface area contributed by atoms with Gasteiger partial charge in [0.25, 0.3) is 0 Å². The second kappa shape index (κ2) is 5.82. The molecule has 1 aliphatic heterocycles. The minimum absolute atomic E-state index is 0.0106. The zero-order valence-electron chi connectivity index (χ0n) is 10.9. The molecule has 11 heteroatoms. The van der Waals surface area contributed by atoms with Crippen LogP contribution in [0.4, 0.5) is 13.2 Å². The minimum atomic E-state index is -4.95. The first-order valence-electron chi connectivity index (χ1n) is 6.02. The van der Waals surface area contributed by atoms with Crippen molar-refractivity contribution in [1.82, 2.24) is 9.71 Å². The van der Waals surface area contributed by atoms with Gasteiger partial charge in [-0.25, -0.2) is 17.9 Å². The number of ether oxygens (including phenoxy) is 1. The number of alkyl halides is 3. The average Bonchev–Trinajstić information content (AvgIpc) is 2.85. The molecule has 1 aliphatic rings. The molecule has 2 heterocycles. The lowest BCUT2D eigenvalue weighted by Crippen LogP contribution is -2.44. The molecular weight excluding hydrogens is 329 g/mol. The van der Waals surface area contributed by atoms with Gasteiger partial charge in [0.05, 0.1) is 6.04 Å². The summed E-state index contributed by atoms with van der Waals surface area (Å²) >= 11 is 0. The standard InChI is InChI=1S/C11H11F3N2O5S/c12-11(13,14)9-7(2-1-4-15-9)22(19,20)16-6-3-5-21-8(6)10(17)18/h1-2,4,6,8,16H,3,5H2,(H,17,18)/t6-,8+/m0/s1. The highest BCUT2D eigenvalue weighted by Crippen LogP contribution is 2.32. The van der Waals surface area contributed by atoms with Gasteiger partial charge in [-0.3, -0.25) is 4.98 Å². The summed E-state index contributed by atoms with van der Waals surface area (Å²) < 4.78 is 69.5. The van der Waals surface area contributed by atoms with Gasteiger partial charge >= 0.3 is 12.1 Å². The fourth-order valence-electron chi connectivity index (χ4n) is 2.04. The van der Waals surface area contributed by atoms with Crippen LogP contribution in [0.5, 0.6) is 0 Å². The van der Waals surface area contributed by atoms with Crippen molar-refractivity contribution in [3.63, 3.8) is 0 Å². The number of aliphatic carboxylic acids is 1. The molecule has 1 fully saturated rings. The summed E-state index contributed by atoms with van der Waals surface area (Å²) in [5.41, 5.74) is -1.56. The van der Waals surface area contributed by atoms with Crippen molar-refractivity contribution in [1.29, 1.82) is 0 Å². The minimum Gasteiger partial charge on any atom is -0.479 e. The highest BCUT2D eigenvalue weighted by molar-refractivity contribution is 7.89. The normalized spacial score (nSPS) is 22.7. The van der Waals surface area contributed by atoms with Gasteiger partial charge in [0, 0.05) is 12.8 Å². The smallest absolute Gasteiger partial charge is 0.434 e. The summed E-state index contributed by atoms with van der Waals surface area (Å²) in [7, 11) is -4.60. The van der Waals surface area contributed by atoms with Crippen molar-refractivity contribution in [2.75, 3.05) is 6.61 Å². The van der Waals surface area contributed by atoms with Crippen molar-refractivity contribution in [3.8, 4) is 0 Å². The molecule has 2 N–H and O–H groups in total. The number of rotatable bonds is 4. The third kappa shape index (κ3) is 3.36. The Balaban J connectivity index is 2.34. The number of halogens is 3. The second-order valence-electron chi connectivity index (χ2n) is 4.49. The largest absolute Gasteiger partial charge is 0.479 e. The van der Waals surface area contributed by atoms with E-state index in [2.05, 4.69) is 4.98 Å². The number of carboxylic acids is 1. The molecule has 122 valence electrons. The Morgan fingerprint density at radius 1 is 1.45 bits per heavy atom. The molecule has 0 amide bonds. The molecule has 2 rings (SSSR count). The number of hydrogen-bond acceptors (Lipinski definition) is 5. The molecule has 0 radical (unpaired) electrons. The predicted octanol–water partition coefficient (Wildman–Crippen LogP) is 0.621. The number of nitrogens with one attached hydrogen (secondary N) is 1. The fourth-order valence-corrected chi connectivity index (χ4v) is 3.48. The summed E-state index contributed by atoms with van der Waals surface area (Å²) in [6.45, 7) is -0.0106. The van der Waals surface area contributed by atoms with Crippen LogP contribution in [0.25, 0.3) is 0 Å². The van der Waals surface area contributed by atoms with E-state index in [0.717, 1.165) is 18.3 Å². The number of hydrogen-bond donors (Lipinski definition) is 2. The summed E-state index contributed by atoms with van der Waals surface area (Å²) in [6, 6.07) is 0.650. The maximum Gasteiger partial charge on any atom is 0.434 e. The van der Waals surface area contributed by atoms with E-state index in [-0.39, 0.29) is 13.0 Å². The quantitative estimate of drug-likeness (QED) is 0.832. The summed E-state index contributed by atoms with van der Waals surface area (Å²) in [6.07, 6.45) is -5.54. The van der Waals surface area contributed by atoms with Gasteiger partial charge in [0.15, 0.2) is 11.8 Å². The topological polar surface area (TPSA) is 106 Å². The molecule has 0 aliphatic carbocycles. The first kappa shape index (κ1) is 16.6. The monoisotopic (exact) mass is 340 g/mol. The van der Waals surface area contributed by atoms with E-state index >= 15 is 0 Å². The van der Waals surface area contributed by atoms with Crippen LogP contribution in [-0.2, 0) is 25.7 Å². The number of carboxylic acid groups (broad SMARTS) is 1. The zero-order valence-corrected chi connectivity index (χ0v) is 11.7. The molecule has 0 aromatic carbocycles. The molecule has 1 aromatic heterocycles. The first-order chi connectivity index (χ1) is 10.1. The van der Waals surface area contributed by atoms with Crippen molar-refractivity contribution in [2.24, 2.45) is 0 Å². The van der Waals surface area contributed by atoms with Crippen molar-refractivity contribution in [3.05, 3.63) is 24.0 Å². The Bertz CT molecular complexity index is 677. The Morgan fingerprint density at radius 2 is 2.14 bits per heavy atom. The molecule has 0 saturated carbocycles. The Hall–Kier alpha value is -1.72. The predicted molar refractivity (Wildman–Crippen MR) is 65.3 cm³/mol. The first-order valence-corrected chi connectivity index (χ1v) is 7.50. The summed E-state index contributed by atoms with van der Waals surface area (Å²) in [5.74, 6) is -1.40. The molecule has 7 nitrogen and oxygen atoms in total. The van der Waals surface area contributed by atoms with Crippen LogP contribution in [0, 0.1) is 0 Å². The molecule has 2 atom stereocenters. The van der Waals surface area contributed by atoms with Gasteiger partial charge in [0.1, 0.15) is 4.90 Å². The third-order valence-electron chi connectivity index (χ3n) is 2.97. The van der Waals surface area contributed by atoms with Crippen LogP contribution < -0.4 is 4.72 Å². The van der Waals surface area contributed by atoms with Crippen LogP contribution in [0.1, 0.15) is 12.1 Å². The SMILES string of the molecule is O=C(O)[C@@H]1OCC[C@@H]1NS(=O)(=O)c1cccnc1C(F)(F)F. The number of sulfonamides is 1. The molecule has 0 bridgehead atoms. The van der Waals surface area contributed by atoms with Crippen molar-refractivity contribution in [2.45, 2.75) is 29.6 Å². The summed E-state index contributed by atoms with van der Waals surface area (Å²) in [4.78, 5) is 12.9. The van der Waals surface area contributed by atoms with Gasteiger partial charge in [0.2, 0.25) is 10.0 Å². The van der Waals surface area contributed by atoms with E-state index < -0.39 is 44.9 Å². The zero-order chi connectivity index (χ0) is 16.5. The fraction of sp³-hybridized carbons (Fsp3) is 0.455. The van der Waals surface area contributed by atoms with Crippen LogP contribution in [0.3, 0.4) is 0 Å². The Kier molecular flexibility index (Phi) is 4.40. The highest BCUT2D eigenvalue weighted by Gasteiger charge is 2.42. The Morgan fingerprint density at radius 3 is 2.73 bits per heavy atom. The molecule has 0 spiro atoms. The van der Waals surface area contributed by atoms with E-state index in [0.29, 0.717) is 0 Å². The number of aromatic nitrogens is 1. The Labute approximate surface area is 123 Å². The number of pyridine rings is 1. The molecular formula is C11H11F3N2O5S. The van der Waals surface area contributed by atoms with Gasteiger partial charge in [-0.05, 0) is 18.6 Å². The van der Waals surface area contributed by atoms with Crippen LogP contribution in [0.15, 0.2) is 23.2 Å². The highest BCUT2D eigenvalue weighted by atomic mass is 32.2. The van der Waals surface area contributed by atoms with E-state index in [1.54, 1.807) is 0 Å². The third-order valence-corrected chi connectivity index (χ3v) is 4.49. The van der Waals surface area contributed by atoms with Crippen LogP contribution in [-0.4, -0.2) is 43.2 Å². The molecule has 1 aromatic rings. The van der Waals surface area contributed by atoms with Gasteiger partial charge in [-0.15, -0.1) is 0 Å². The number of carbonyl (C=O) groups is 1. The van der Waals surface area contributed by atoms with Crippen molar-refractivity contribution < 1.29 is 36.2 Å². The maximum atomic E-state index is 12.8. The lowest BCUT2D eigenvalue weighted by atomic mass is 10.1. The maximum absolute atomic E-state index is 12.8. The van der Waals surface area contributed by atoms with E-state index in [1.807, 2.05) is 4.72 Å². The second-order valence-corrected chi connectivity index (χ2v) is 6.18.